The van der Waals surface area contributed by atoms with E-state index in [1.807, 2.05) is 0 Å². The average Bonchev–Trinajstić information content (AvgIpc) is 2.37. The van der Waals surface area contributed by atoms with Gasteiger partial charge in [0.15, 0.2) is 0 Å². The van der Waals surface area contributed by atoms with Gasteiger partial charge in [0.25, 0.3) is 0 Å². The Kier molecular flexibility index (Phi) is 2.60. The highest BCUT2D eigenvalue weighted by Crippen LogP contribution is 2.48. The molecule has 3 saturated heterocycles. The van der Waals surface area contributed by atoms with Crippen LogP contribution in [0.25, 0.3) is 0 Å². The van der Waals surface area contributed by atoms with E-state index < -0.39 is 0 Å². The zero-order valence-corrected chi connectivity index (χ0v) is 11.3. The summed E-state index contributed by atoms with van der Waals surface area (Å²) in [4.78, 5) is 3.26. The lowest BCUT2D eigenvalue weighted by Gasteiger charge is -2.56. The number of nitrogens with zero attached hydrogens (tertiary/aromatic N) is 1. The molecule has 3 aliphatic heterocycles. The maximum absolute atomic E-state index is 3.96. The number of hydrogen-bond donors (Lipinski definition) is 0. The second-order valence-corrected chi connectivity index (χ2v) is 6.23. The van der Waals surface area contributed by atoms with Crippen LogP contribution in [-0.2, 0) is 5.54 Å². The van der Waals surface area contributed by atoms with Gasteiger partial charge in [-0.3, -0.25) is 4.90 Å². The van der Waals surface area contributed by atoms with E-state index in [0.717, 1.165) is 5.92 Å². The Morgan fingerprint density at radius 3 is 2.38 bits per heavy atom. The van der Waals surface area contributed by atoms with Crippen molar-refractivity contribution >= 4 is 15.9 Å². The number of piperidine rings is 3. The van der Waals surface area contributed by atoms with Crippen LogP contribution in [0.5, 0.6) is 0 Å². The summed E-state index contributed by atoms with van der Waals surface area (Å²) in [6.45, 7) is 4.92. The first kappa shape index (κ1) is 10.8. The predicted molar refractivity (Wildman–Crippen MR) is 70.8 cm³/mol. The Labute approximate surface area is 106 Å². The smallest absolute Gasteiger partial charge is 0.0560 e. The van der Waals surface area contributed by atoms with Crippen molar-refractivity contribution in [3.05, 3.63) is 35.9 Å². The van der Waals surface area contributed by atoms with Gasteiger partial charge in [-0.15, -0.1) is 0 Å². The highest BCUT2D eigenvalue weighted by atomic mass is 79.9. The van der Waals surface area contributed by atoms with Crippen molar-refractivity contribution in [2.75, 3.05) is 13.1 Å². The third kappa shape index (κ3) is 1.39. The van der Waals surface area contributed by atoms with E-state index >= 15 is 0 Å². The second-order valence-electron chi connectivity index (χ2n) is 5.24. The summed E-state index contributed by atoms with van der Waals surface area (Å²) in [5, 5.41) is 0. The lowest BCUT2D eigenvalue weighted by Crippen LogP contribution is -2.61. The normalized spacial score (nSPS) is 42.2. The molecular formula is C14H18BrN. The molecule has 3 heterocycles. The average molecular weight is 280 g/mol. The van der Waals surface area contributed by atoms with E-state index in [2.05, 4.69) is 58.1 Å². The number of benzene rings is 1. The fourth-order valence-electron chi connectivity index (χ4n) is 3.41. The molecule has 1 aromatic rings. The van der Waals surface area contributed by atoms with E-state index in [1.165, 1.54) is 31.5 Å². The maximum atomic E-state index is 3.96. The highest BCUT2D eigenvalue weighted by Gasteiger charge is 2.50. The zero-order chi connectivity index (χ0) is 11.2. The van der Waals surface area contributed by atoms with Gasteiger partial charge >= 0.3 is 0 Å². The van der Waals surface area contributed by atoms with Crippen LogP contribution in [0.3, 0.4) is 0 Å². The number of halogens is 1. The molecule has 0 aromatic heterocycles. The molecule has 3 fully saturated rings. The molecule has 0 amide bonds. The largest absolute Gasteiger partial charge is 0.293 e. The van der Waals surface area contributed by atoms with Crippen molar-refractivity contribution in [1.29, 1.82) is 0 Å². The summed E-state index contributed by atoms with van der Waals surface area (Å²) in [5.41, 5.74) is 1.66. The van der Waals surface area contributed by atoms with Crippen molar-refractivity contribution in [2.45, 2.75) is 30.1 Å². The molecule has 0 N–H and O–H groups in total. The van der Waals surface area contributed by atoms with Crippen LogP contribution in [-0.4, -0.2) is 22.8 Å². The first-order valence-electron chi connectivity index (χ1n) is 6.17. The number of rotatable bonds is 1. The van der Waals surface area contributed by atoms with Gasteiger partial charge < -0.3 is 0 Å². The molecule has 2 heteroatoms. The van der Waals surface area contributed by atoms with Gasteiger partial charge in [0.1, 0.15) is 0 Å². The minimum absolute atomic E-state index is 0.197. The topological polar surface area (TPSA) is 3.24 Å². The van der Waals surface area contributed by atoms with Crippen molar-refractivity contribution in [3.8, 4) is 0 Å². The summed E-state index contributed by atoms with van der Waals surface area (Å²) in [6, 6.07) is 11.0. The van der Waals surface area contributed by atoms with Gasteiger partial charge in [0, 0.05) is 4.83 Å². The van der Waals surface area contributed by atoms with Crippen LogP contribution in [0.2, 0.25) is 0 Å². The lowest BCUT2D eigenvalue weighted by atomic mass is 9.72. The first-order chi connectivity index (χ1) is 7.73. The monoisotopic (exact) mass is 279 g/mol. The molecular weight excluding hydrogens is 262 g/mol. The summed E-state index contributed by atoms with van der Waals surface area (Å²) in [6.07, 6.45) is 2.72. The van der Waals surface area contributed by atoms with Crippen molar-refractivity contribution in [2.24, 2.45) is 5.92 Å². The van der Waals surface area contributed by atoms with Crippen LogP contribution in [0.15, 0.2) is 30.3 Å². The minimum Gasteiger partial charge on any atom is -0.293 e. The van der Waals surface area contributed by atoms with E-state index in [0.29, 0.717) is 4.83 Å². The summed E-state index contributed by atoms with van der Waals surface area (Å²) < 4.78 is 0. The van der Waals surface area contributed by atoms with Crippen LogP contribution < -0.4 is 0 Å². The Bertz CT molecular complexity index is 366. The summed E-state index contributed by atoms with van der Waals surface area (Å²) in [5.74, 6) is 0.857. The predicted octanol–water partition coefficient (Wildman–Crippen LogP) is 3.39. The number of hydrogen-bond acceptors (Lipinski definition) is 1. The number of fused-ring (bicyclic) bond motifs is 3. The molecule has 0 spiro atoms. The first-order valence-corrected chi connectivity index (χ1v) is 7.09. The van der Waals surface area contributed by atoms with E-state index in [4.69, 9.17) is 0 Å². The summed E-state index contributed by atoms with van der Waals surface area (Å²) >= 11 is 3.96. The standard InChI is InChI=1S/C14H18BrN/c1-14(12-5-3-2-4-6-12)13(15)11-7-9-16(14)10-8-11/h2-6,11,13H,7-10H2,1H3. The van der Waals surface area contributed by atoms with Gasteiger partial charge in [0.05, 0.1) is 5.54 Å². The van der Waals surface area contributed by atoms with Gasteiger partial charge in [-0.2, -0.15) is 0 Å². The molecule has 2 atom stereocenters. The van der Waals surface area contributed by atoms with E-state index in [-0.39, 0.29) is 5.54 Å². The minimum atomic E-state index is 0.197. The van der Waals surface area contributed by atoms with E-state index in [9.17, 15) is 0 Å². The van der Waals surface area contributed by atoms with Gasteiger partial charge in [-0.1, -0.05) is 46.3 Å². The fraction of sp³-hybridized carbons (Fsp3) is 0.571. The number of alkyl halides is 1. The van der Waals surface area contributed by atoms with Crippen molar-refractivity contribution in [3.63, 3.8) is 0 Å². The molecule has 16 heavy (non-hydrogen) atoms. The molecule has 2 unspecified atom stereocenters. The third-order valence-electron chi connectivity index (χ3n) is 4.51. The van der Waals surface area contributed by atoms with E-state index in [1.54, 1.807) is 0 Å². The van der Waals surface area contributed by atoms with Crippen LogP contribution >= 0.6 is 15.9 Å². The molecule has 1 nitrogen and oxygen atoms in total. The molecule has 1 aromatic carbocycles. The zero-order valence-electron chi connectivity index (χ0n) is 9.70. The molecule has 0 radical (unpaired) electrons. The van der Waals surface area contributed by atoms with Crippen molar-refractivity contribution in [1.82, 2.24) is 4.90 Å². The SMILES string of the molecule is CC1(c2ccccc2)C(Br)C2CCN1CC2. The molecule has 0 saturated carbocycles. The molecule has 86 valence electrons. The Morgan fingerprint density at radius 1 is 1.19 bits per heavy atom. The Morgan fingerprint density at radius 2 is 1.81 bits per heavy atom. The van der Waals surface area contributed by atoms with Crippen LogP contribution in [0, 0.1) is 5.92 Å². The third-order valence-corrected chi connectivity index (χ3v) is 6.14. The molecule has 3 aliphatic rings. The van der Waals surface area contributed by atoms with Gasteiger partial charge in [-0.05, 0) is 44.3 Å². The summed E-state index contributed by atoms with van der Waals surface area (Å²) in [7, 11) is 0. The molecule has 0 aliphatic carbocycles. The van der Waals surface area contributed by atoms with Gasteiger partial charge in [0.2, 0.25) is 0 Å². The van der Waals surface area contributed by atoms with Crippen LogP contribution in [0.4, 0.5) is 0 Å². The molecule has 4 rings (SSSR count). The Hall–Kier alpha value is -0.340. The fourth-order valence-corrected chi connectivity index (χ4v) is 4.49. The Balaban J connectivity index is 2.03. The highest BCUT2D eigenvalue weighted by molar-refractivity contribution is 9.09. The maximum Gasteiger partial charge on any atom is 0.0560 e. The lowest BCUT2D eigenvalue weighted by molar-refractivity contribution is -0.0114. The second kappa shape index (κ2) is 3.85. The van der Waals surface area contributed by atoms with Crippen LogP contribution in [0.1, 0.15) is 25.3 Å². The van der Waals surface area contributed by atoms with Gasteiger partial charge in [-0.25, -0.2) is 0 Å². The van der Waals surface area contributed by atoms with Crippen molar-refractivity contribution < 1.29 is 0 Å². The quantitative estimate of drug-likeness (QED) is 0.713. The molecule has 2 bridgehead atoms.